The molecule has 2 aromatic rings. The molecule has 2 N–H and O–H groups in total. The molecule has 0 saturated heterocycles. The smallest absolute Gasteiger partial charge is 0.328 e. The topological polar surface area (TPSA) is 43.8 Å². The van der Waals surface area contributed by atoms with Crippen LogP contribution in [-0.2, 0) is 6.18 Å². The molecule has 1 aromatic heterocycles. The minimum Gasteiger partial charge on any atom is -0.328 e. The van der Waals surface area contributed by atoms with E-state index in [-0.39, 0.29) is 36.9 Å². The summed E-state index contributed by atoms with van der Waals surface area (Å²) < 4.78 is 40.0. The fourth-order valence-corrected chi connectivity index (χ4v) is 2.88. The number of fused-ring (bicyclic) bond motifs is 1. The third kappa shape index (κ3) is 3.67. The molecule has 1 saturated carbocycles. The third-order valence-corrected chi connectivity index (χ3v) is 4.04. The van der Waals surface area contributed by atoms with E-state index in [1.165, 1.54) is 6.07 Å². The molecule has 0 spiro atoms. The van der Waals surface area contributed by atoms with E-state index in [1.807, 2.05) is 4.57 Å². The van der Waals surface area contributed by atoms with Gasteiger partial charge in [0.15, 0.2) is 0 Å². The lowest BCUT2D eigenvalue weighted by molar-refractivity contribution is -0.137. The molecule has 0 radical (unpaired) electrons. The van der Waals surface area contributed by atoms with Crippen LogP contribution in [0, 0.1) is 0 Å². The SMILES string of the molecule is Cl.Cl.NC1CCC(n2cnc3cc(C(F)(F)F)ccc32)CC1. The van der Waals surface area contributed by atoms with E-state index in [2.05, 4.69) is 4.98 Å². The van der Waals surface area contributed by atoms with Crippen LogP contribution >= 0.6 is 24.8 Å². The summed E-state index contributed by atoms with van der Waals surface area (Å²) in [4.78, 5) is 4.12. The molecule has 0 bridgehead atoms. The zero-order valence-electron chi connectivity index (χ0n) is 11.7. The molecule has 1 aromatic carbocycles. The van der Waals surface area contributed by atoms with Crippen LogP contribution in [-0.4, -0.2) is 15.6 Å². The maximum absolute atomic E-state index is 12.7. The first-order valence-electron chi connectivity index (χ1n) is 6.74. The number of hydrogen-bond acceptors (Lipinski definition) is 2. The Kier molecular flexibility index (Phi) is 6.12. The summed E-state index contributed by atoms with van der Waals surface area (Å²) >= 11 is 0. The number of imidazole rings is 1. The summed E-state index contributed by atoms with van der Waals surface area (Å²) in [5.41, 5.74) is 6.39. The molecule has 0 atom stereocenters. The molecular formula is C14H18Cl2F3N3. The van der Waals surface area contributed by atoms with Gasteiger partial charge in [-0.05, 0) is 43.9 Å². The van der Waals surface area contributed by atoms with Gasteiger partial charge in [0.25, 0.3) is 0 Å². The van der Waals surface area contributed by atoms with Gasteiger partial charge in [-0.15, -0.1) is 24.8 Å². The molecule has 8 heteroatoms. The highest BCUT2D eigenvalue weighted by Crippen LogP contribution is 2.34. The molecule has 0 aliphatic heterocycles. The minimum atomic E-state index is -4.32. The second kappa shape index (κ2) is 7.06. The molecular weight excluding hydrogens is 338 g/mol. The maximum atomic E-state index is 12.7. The molecule has 0 unspecified atom stereocenters. The van der Waals surface area contributed by atoms with Crippen LogP contribution in [0.15, 0.2) is 24.5 Å². The molecule has 0 amide bonds. The number of nitrogens with zero attached hydrogens (tertiary/aromatic N) is 2. The number of aromatic nitrogens is 2. The van der Waals surface area contributed by atoms with Gasteiger partial charge in [0.2, 0.25) is 0 Å². The Morgan fingerprint density at radius 3 is 2.32 bits per heavy atom. The molecule has 1 fully saturated rings. The highest BCUT2D eigenvalue weighted by molar-refractivity contribution is 5.85. The summed E-state index contributed by atoms with van der Waals surface area (Å²) in [6, 6.07) is 4.28. The Morgan fingerprint density at radius 2 is 1.73 bits per heavy atom. The van der Waals surface area contributed by atoms with Crippen molar-refractivity contribution in [2.45, 2.75) is 43.9 Å². The summed E-state index contributed by atoms with van der Waals surface area (Å²) in [6.45, 7) is 0. The highest BCUT2D eigenvalue weighted by Gasteiger charge is 2.31. The van der Waals surface area contributed by atoms with Gasteiger partial charge in [0.05, 0.1) is 22.9 Å². The average Bonchev–Trinajstić information content (AvgIpc) is 2.81. The van der Waals surface area contributed by atoms with Crippen LogP contribution < -0.4 is 5.73 Å². The number of rotatable bonds is 1. The second-order valence-electron chi connectivity index (χ2n) is 5.42. The van der Waals surface area contributed by atoms with Gasteiger partial charge in [-0.3, -0.25) is 0 Å². The fourth-order valence-electron chi connectivity index (χ4n) is 2.88. The highest BCUT2D eigenvalue weighted by atomic mass is 35.5. The lowest BCUT2D eigenvalue weighted by atomic mass is 9.91. The van der Waals surface area contributed by atoms with Gasteiger partial charge in [0, 0.05) is 12.1 Å². The third-order valence-electron chi connectivity index (χ3n) is 4.04. The van der Waals surface area contributed by atoms with Gasteiger partial charge >= 0.3 is 6.18 Å². The van der Waals surface area contributed by atoms with Gasteiger partial charge in [-0.2, -0.15) is 13.2 Å². The van der Waals surface area contributed by atoms with Crippen molar-refractivity contribution < 1.29 is 13.2 Å². The van der Waals surface area contributed by atoms with Crippen LogP contribution in [0.2, 0.25) is 0 Å². The predicted molar refractivity (Wildman–Crippen MR) is 84.7 cm³/mol. The van der Waals surface area contributed by atoms with Gasteiger partial charge in [-0.1, -0.05) is 0 Å². The second-order valence-corrected chi connectivity index (χ2v) is 5.42. The lowest BCUT2D eigenvalue weighted by Crippen LogP contribution is -2.27. The van der Waals surface area contributed by atoms with Gasteiger partial charge in [-0.25, -0.2) is 4.98 Å². The zero-order valence-corrected chi connectivity index (χ0v) is 13.3. The Morgan fingerprint density at radius 1 is 1.09 bits per heavy atom. The van der Waals surface area contributed by atoms with Crippen molar-refractivity contribution in [3.8, 4) is 0 Å². The number of hydrogen-bond donors (Lipinski definition) is 1. The Balaban J connectivity index is 0.00000121. The Bertz CT molecular complexity index is 619. The fraction of sp³-hybridized carbons (Fsp3) is 0.500. The monoisotopic (exact) mass is 355 g/mol. The van der Waals surface area contributed by atoms with Crippen LogP contribution in [0.4, 0.5) is 13.2 Å². The standard InChI is InChI=1S/C14H16F3N3.2ClH/c15-14(16,17)9-1-6-13-12(7-9)19-8-20(13)11-4-2-10(18)3-5-11;;/h1,6-8,10-11H,2-5,18H2;2*1H. The summed E-state index contributed by atoms with van der Waals surface area (Å²) in [5, 5.41) is 0. The predicted octanol–water partition coefficient (Wildman–Crippen LogP) is 4.34. The first-order valence-corrected chi connectivity index (χ1v) is 6.74. The largest absolute Gasteiger partial charge is 0.416 e. The number of halogens is 5. The van der Waals surface area contributed by atoms with Crippen molar-refractivity contribution >= 4 is 35.8 Å². The van der Waals surface area contributed by atoms with E-state index in [1.54, 1.807) is 6.33 Å². The van der Waals surface area contributed by atoms with Crippen LogP contribution in [0.1, 0.15) is 37.3 Å². The number of nitrogens with two attached hydrogens (primary N) is 1. The molecule has 3 rings (SSSR count). The van der Waals surface area contributed by atoms with Crippen LogP contribution in [0.25, 0.3) is 11.0 Å². The normalized spacial score (nSPS) is 22.0. The molecule has 124 valence electrons. The molecule has 3 nitrogen and oxygen atoms in total. The van der Waals surface area contributed by atoms with Crippen molar-refractivity contribution in [3.05, 3.63) is 30.1 Å². The van der Waals surface area contributed by atoms with E-state index in [0.29, 0.717) is 5.52 Å². The lowest BCUT2D eigenvalue weighted by Gasteiger charge is -2.27. The van der Waals surface area contributed by atoms with Crippen molar-refractivity contribution in [2.75, 3.05) is 0 Å². The summed E-state index contributed by atoms with van der Waals surface area (Å²) in [7, 11) is 0. The molecule has 22 heavy (non-hydrogen) atoms. The quantitative estimate of drug-likeness (QED) is 0.826. The van der Waals surface area contributed by atoms with Gasteiger partial charge in [0.1, 0.15) is 0 Å². The summed E-state index contributed by atoms with van der Waals surface area (Å²) in [6.07, 6.45) is 1.12. The summed E-state index contributed by atoms with van der Waals surface area (Å²) in [5.74, 6) is 0. The molecule has 1 heterocycles. The van der Waals surface area contributed by atoms with Crippen molar-refractivity contribution in [2.24, 2.45) is 5.73 Å². The van der Waals surface area contributed by atoms with E-state index < -0.39 is 11.7 Å². The molecule has 1 aliphatic rings. The average molecular weight is 356 g/mol. The number of benzene rings is 1. The van der Waals surface area contributed by atoms with E-state index in [0.717, 1.165) is 43.3 Å². The van der Waals surface area contributed by atoms with Crippen molar-refractivity contribution in [3.63, 3.8) is 0 Å². The molecule has 1 aliphatic carbocycles. The van der Waals surface area contributed by atoms with E-state index >= 15 is 0 Å². The van der Waals surface area contributed by atoms with Gasteiger partial charge < -0.3 is 10.3 Å². The van der Waals surface area contributed by atoms with Crippen LogP contribution in [0.5, 0.6) is 0 Å². The Labute approximate surface area is 138 Å². The first kappa shape index (κ1) is 19.1. The van der Waals surface area contributed by atoms with E-state index in [9.17, 15) is 13.2 Å². The Hall–Kier alpha value is -0.980. The van der Waals surface area contributed by atoms with Crippen LogP contribution in [0.3, 0.4) is 0 Å². The maximum Gasteiger partial charge on any atom is 0.416 e. The van der Waals surface area contributed by atoms with Crippen molar-refractivity contribution in [1.82, 2.24) is 9.55 Å². The van der Waals surface area contributed by atoms with Crippen molar-refractivity contribution in [1.29, 1.82) is 0 Å². The minimum absolute atomic E-state index is 0. The first-order chi connectivity index (χ1) is 9.45. The zero-order chi connectivity index (χ0) is 14.3. The number of alkyl halides is 3. The van der Waals surface area contributed by atoms with E-state index in [4.69, 9.17) is 5.73 Å².